The average molecular weight is 264 g/mol. The van der Waals surface area contributed by atoms with E-state index < -0.39 is 6.09 Å². The SMILES string of the molecule is COc1ccc(N2C[C@@H](CNC(C)=O)OC2=O)cc1. The lowest BCUT2D eigenvalue weighted by Crippen LogP contribution is -2.33. The number of anilines is 1. The van der Waals surface area contributed by atoms with Gasteiger partial charge in [-0.1, -0.05) is 0 Å². The number of hydrogen-bond acceptors (Lipinski definition) is 4. The molecule has 1 aromatic carbocycles. The third kappa shape index (κ3) is 3.15. The fraction of sp³-hybridized carbons (Fsp3) is 0.385. The number of carbonyl (C=O) groups is 2. The largest absolute Gasteiger partial charge is 0.497 e. The minimum Gasteiger partial charge on any atom is -0.497 e. The molecule has 1 aliphatic rings. The smallest absolute Gasteiger partial charge is 0.414 e. The van der Waals surface area contributed by atoms with E-state index in [4.69, 9.17) is 9.47 Å². The number of benzene rings is 1. The molecule has 1 heterocycles. The van der Waals surface area contributed by atoms with Gasteiger partial charge in [0.1, 0.15) is 11.9 Å². The second-order valence-electron chi connectivity index (χ2n) is 4.25. The zero-order chi connectivity index (χ0) is 13.8. The molecule has 1 saturated heterocycles. The van der Waals surface area contributed by atoms with E-state index in [1.807, 2.05) is 0 Å². The third-order valence-corrected chi connectivity index (χ3v) is 2.84. The number of ether oxygens (including phenoxy) is 2. The highest BCUT2D eigenvalue weighted by atomic mass is 16.6. The highest BCUT2D eigenvalue weighted by Crippen LogP contribution is 2.23. The van der Waals surface area contributed by atoms with Crippen molar-refractivity contribution in [1.82, 2.24) is 5.32 Å². The van der Waals surface area contributed by atoms with Crippen molar-refractivity contribution in [2.75, 3.05) is 25.1 Å². The summed E-state index contributed by atoms with van der Waals surface area (Å²) in [5.74, 6) is 0.588. The van der Waals surface area contributed by atoms with Crippen LogP contribution in [0.4, 0.5) is 10.5 Å². The normalized spacial score (nSPS) is 18.1. The summed E-state index contributed by atoms with van der Waals surface area (Å²) in [6, 6.07) is 7.15. The van der Waals surface area contributed by atoms with E-state index in [9.17, 15) is 9.59 Å². The van der Waals surface area contributed by atoms with E-state index in [1.165, 1.54) is 11.8 Å². The summed E-state index contributed by atoms with van der Waals surface area (Å²) in [6.45, 7) is 2.18. The molecule has 0 bridgehead atoms. The molecule has 1 N–H and O–H groups in total. The predicted octanol–water partition coefficient (Wildman–Crippen LogP) is 1.16. The third-order valence-electron chi connectivity index (χ3n) is 2.84. The maximum absolute atomic E-state index is 11.7. The molecule has 2 amide bonds. The van der Waals surface area contributed by atoms with Crippen molar-refractivity contribution < 1.29 is 19.1 Å². The first-order chi connectivity index (χ1) is 9.10. The van der Waals surface area contributed by atoms with Gasteiger partial charge >= 0.3 is 6.09 Å². The summed E-state index contributed by atoms with van der Waals surface area (Å²) in [5.41, 5.74) is 0.746. The average Bonchev–Trinajstić information content (AvgIpc) is 2.78. The summed E-state index contributed by atoms with van der Waals surface area (Å²) < 4.78 is 10.2. The number of amides is 2. The molecule has 1 atom stereocenters. The Morgan fingerprint density at radius 2 is 2.16 bits per heavy atom. The zero-order valence-electron chi connectivity index (χ0n) is 10.9. The Kier molecular flexibility index (Phi) is 3.89. The number of methoxy groups -OCH3 is 1. The summed E-state index contributed by atoms with van der Waals surface area (Å²) in [6.07, 6.45) is -0.723. The molecule has 0 spiro atoms. The summed E-state index contributed by atoms with van der Waals surface area (Å²) >= 11 is 0. The van der Waals surface area contributed by atoms with Gasteiger partial charge in [0.2, 0.25) is 5.91 Å². The molecule has 19 heavy (non-hydrogen) atoms. The molecule has 1 aliphatic heterocycles. The zero-order valence-corrected chi connectivity index (χ0v) is 10.9. The molecule has 1 aromatic rings. The van der Waals surface area contributed by atoms with Crippen molar-refractivity contribution in [3.8, 4) is 5.75 Å². The van der Waals surface area contributed by atoms with Crippen LogP contribution in [-0.2, 0) is 9.53 Å². The minimum atomic E-state index is -0.402. The quantitative estimate of drug-likeness (QED) is 0.886. The van der Waals surface area contributed by atoms with Crippen LogP contribution in [0.2, 0.25) is 0 Å². The second-order valence-corrected chi connectivity index (χ2v) is 4.25. The Balaban J connectivity index is 2.00. The van der Waals surface area contributed by atoms with Crippen LogP contribution in [0.15, 0.2) is 24.3 Å². The summed E-state index contributed by atoms with van der Waals surface area (Å²) in [4.78, 5) is 24.1. The molecule has 0 radical (unpaired) electrons. The molecular weight excluding hydrogens is 248 g/mol. The van der Waals surface area contributed by atoms with Gasteiger partial charge < -0.3 is 14.8 Å². The molecule has 0 aliphatic carbocycles. The number of nitrogens with one attached hydrogen (secondary N) is 1. The number of hydrogen-bond donors (Lipinski definition) is 1. The van der Waals surface area contributed by atoms with Crippen LogP contribution in [0, 0.1) is 0 Å². The van der Waals surface area contributed by atoms with Crippen LogP contribution in [0.1, 0.15) is 6.92 Å². The summed E-state index contributed by atoms with van der Waals surface area (Å²) in [7, 11) is 1.59. The Bertz CT molecular complexity index is 472. The Hall–Kier alpha value is -2.24. The van der Waals surface area contributed by atoms with Crippen molar-refractivity contribution in [2.45, 2.75) is 13.0 Å². The predicted molar refractivity (Wildman–Crippen MR) is 69.3 cm³/mol. The highest BCUT2D eigenvalue weighted by Gasteiger charge is 2.32. The first-order valence-electron chi connectivity index (χ1n) is 5.97. The fourth-order valence-electron chi connectivity index (χ4n) is 1.86. The highest BCUT2D eigenvalue weighted by molar-refractivity contribution is 5.89. The molecule has 0 unspecified atom stereocenters. The van der Waals surface area contributed by atoms with E-state index in [2.05, 4.69) is 5.32 Å². The molecule has 6 heteroatoms. The lowest BCUT2D eigenvalue weighted by molar-refractivity contribution is -0.119. The van der Waals surface area contributed by atoms with Crippen molar-refractivity contribution in [3.63, 3.8) is 0 Å². The molecule has 0 saturated carbocycles. The van der Waals surface area contributed by atoms with E-state index in [1.54, 1.807) is 31.4 Å². The number of rotatable bonds is 4. The van der Waals surface area contributed by atoms with E-state index >= 15 is 0 Å². The lowest BCUT2D eigenvalue weighted by atomic mass is 10.2. The Morgan fingerprint density at radius 3 is 2.74 bits per heavy atom. The molecule has 1 fully saturated rings. The van der Waals surface area contributed by atoms with Crippen LogP contribution in [-0.4, -0.2) is 38.3 Å². The van der Waals surface area contributed by atoms with Gasteiger partial charge in [-0.15, -0.1) is 0 Å². The first kappa shape index (κ1) is 13.2. The van der Waals surface area contributed by atoms with E-state index in [0.29, 0.717) is 13.1 Å². The standard InChI is InChI=1S/C13H16N2O4/c1-9(16)14-7-12-8-15(13(17)19-12)10-3-5-11(18-2)6-4-10/h3-6,12H,7-8H2,1-2H3,(H,14,16)/t12-/m1/s1. The first-order valence-corrected chi connectivity index (χ1v) is 5.97. The monoisotopic (exact) mass is 264 g/mol. The van der Waals surface area contributed by atoms with Gasteiger partial charge in [0.05, 0.1) is 20.2 Å². The molecule has 2 rings (SSSR count). The van der Waals surface area contributed by atoms with Gasteiger partial charge in [-0.3, -0.25) is 9.69 Å². The van der Waals surface area contributed by atoms with Crippen LogP contribution >= 0.6 is 0 Å². The van der Waals surface area contributed by atoms with Crippen molar-refractivity contribution in [3.05, 3.63) is 24.3 Å². The van der Waals surface area contributed by atoms with Crippen molar-refractivity contribution >= 4 is 17.7 Å². The Morgan fingerprint density at radius 1 is 1.47 bits per heavy atom. The number of carbonyl (C=O) groups excluding carboxylic acids is 2. The van der Waals surface area contributed by atoms with Crippen LogP contribution in [0.3, 0.4) is 0 Å². The van der Waals surface area contributed by atoms with Gasteiger partial charge in [-0.25, -0.2) is 4.79 Å². The van der Waals surface area contributed by atoms with E-state index in [0.717, 1.165) is 11.4 Å². The lowest BCUT2D eigenvalue weighted by Gasteiger charge is -2.13. The molecule has 102 valence electrons. The maximum atomic E-state index is 11.7. The fourth-order valence-corrected chi connectivity index (χ4v) is 1.86. The van der Waals surface area contributed by atoms with Gasteiger partial charge in [0.15, 0.2) is 0 Å². The second kappa shape index (κ2) is 5.60. The van der Waals surface area contributed by atoms with Crippen LogP contribution in [0.5, 0.6) is 5.75 Å². The number of cyclic esters (lactones) is 1. The van der Waals surface area contributed by atoms with Gasteiger partial charge in [0.25, 0.3) is 0 Å². The molecule has 6 nitrogen and oxygen atoms in total. The van der Waals surface area contributed by atoms with Crippen molar-refractivity contribution in [1.29, 1.82) is 0 Å². The minimum absolute atomic E-state index is 0.140. The van der Waals surface area contributed by atoms with Crippen LogP contribution < -0.4 is 15.0 Å². The number of nitrogens with zero attached hydrogens (tertiary/aromatic N) is 1. The van der Waals surface area contributed by atoms with Crippen molar-refractivity contribution in [2.24, 2.45) is 0 Å². The molecule has 0 aromatic heterocycles. The summed E-state index contributed by atoms with van der Waals surface area (Å²) in [5, 5.41) is 2.64. The van der Waals surface area contributed by atoms with Crippen LogP contribution in [0.25, 0.3) is 0 Å². The molecular formula is C13H16N2O4. The van der Waals surface area contributed by atoms with Gasteiger partial charge in [-0.05, 0) is 24.3 Å². The van der Waals surface area contributed by atoms with E-state index in [-0.39, 0.29) is 12.0 Å². The van der Waals surface area contributed by atoms with Gasteiger partial charge in [-0.2, -0.15) is 0 Å². The maximum Gasteiger partial charge on any atom is 0.414 e. The Labute approximate surface area is 111 Å². The van der Waals surface area contributed by atoms with Gasteiger partial charge in [0, 0.05) is 12.6 Å². The topological polar surface area (TPSA) is 67.9 Å².